The van der Waals surface area contributed by atoms with Crippen molar-refractivity contribution in [3.05, 3.63) is 83.9 Å². The van der Waals surface area contributed by atoms with Gasteiger partial charge in [0, 0.05) is 26.2 Å². The number of nitrogens with one attached hydrogen (secondary N) is 1. The third kappa shape index (κ3) is 5.61. The van der Waals surface area contributed by atoms with E-state index in [1.54, 1.807) is 20.3 Å². The maximum atomic E-state index is 13.1. The monoisotopic (exact) mass is 461 g/mol. The molecule has 0 saturated carbocycles. The van der Waals surface area contributed by atoms with Crippen LogP contribution >= 0.6 is 0 Å². The number of anilines is 1. The summed E-state index contributed by atoms with van der Waals surface area (Å²) in [4.78, 5) is 17.4. The van der Waals surface area contributed by atoms with E-state index >= 15 is 0 Å². The first-order chi connectivity index (χ1) is 16.6. The van der Waals surface area contributed by atoms with Crippen molar-refractivity contribution in [2.75, 3.05) is 51.8 Å². The molecule has 1 heterocycles. The van der Waals surface area contributed by atoms with Crippen LogP contribution in [0.2, 0.25) is 0 Å². The Morgan fingerprint density at radius 3 is 1.88 bits per heavy atom. The lowest BCUT2D eigenvalue weighted by Gasteiger charge is -2.36. The smallest absolute Gasteiger partial charge is 0.234 e. The van der Waals surface area contributed by atoms with Crippen molar-refractivity contribution >= 4 is 11.6 Å². The van der Waals surface area contributed by atoms with Crippen molar-refractivity contribution in [1.29, 1.82) is 0 Å². The minimum atomic E-state index is -0.285. The zero-order valence-electron chi connectivity index (χ0n) is 19.6. The van der Waals surface area contributed by atoms with Crippen LogP contribution in [0.4, 0.5) is 5.69 Å². The lowest BCUT2D eigenvalue weighted by molar-refractivity contribution is -0.122. The summed E-state index contributed by atoms with van der Waals surface area (Å²) < 4.78 is 10.6. The number of ether oxygens (including phenoxy) is 2. The number of piperazine rings is 1. The van der Waals surface area contributed by atoms with Gasteiger partial charge in [-0.2, -0.15) is 0 Å². The van der Waals surface area contributed by atoms with E-state index < -0.39 is 0 Å². The summed E-state index contributed by atoms with van der Waals surface area (Å²) in [6.45, 7) is 3.32. The van der Waals surface area contributed by atoms with E-state index in [2.05, 4.69) is 15.1 Å². The van der Waals surface area contributed by atoms with E-state index in [1.807, 2.05) is 66.7 Å². The second-order valence-electron chi connectivity index (χ2n) is 8.30. The van der Waals surface area contributed by atoms with Crippen LogP contribution in [0, 0.1) is 0 Å². The summed E-state index contributed by atoms with van der Waals surface area (Å²) in [6.07, 6.45) is 0. The highest BCUT2D eigenvalue weighted by Gasteiger charge is 2.23. The van der Waals surface area contributed by atoms with E-state index in [0.29, 0.717) is 6.54 Å². The number of hydrogen-bond acceptors (Lipinski definition) is 6. The van der Waals surface area contributed by atoms with E-state index in [-0.39, 0.29) is 17.7 Å². The topological polar surface area (TPSA) is 74.3 Å². The van der Waals surface area contributed by atoms with Gasteiger partial charge in [-0.1, -0.05) is 36.4 Å². The third-order valence-electron chi connectivity index (χ3n) is 6.17. The molecule has 3 aromatic carbocycles. The zero-order valence-corrected chi connectivity index (χ0v) is 19.6. The van der Waals surface area contributed by atoms with E-state index in [4.69, 9.17) is 9.47 Å². The van der Waals surface area contributed by atoms with Crippen LogP contribution in [-0.4, -0.2) is 62.9 Å². The molecule has 2 N–H and O–H groups in total. The summed E-state index contributed by atoms with van der Waals surface area (Å²) in [5.41, 5.74) is 2.79. The van der Waals surface area contributed by atoms with Gasteiger partial charge < -0.3 is 24.8 Å². The normalized spacial score (nSPS) is 14.1. The Balaban J connectivity index is 1.41. The Kier molecular flexibility index (Phi) is 7.54. The first-order valence-electron chi connectivity index (χ1n) is 11.4. The van der Waals surface area contributed by atoms with Crippen LogP contribution in [0.1, 0.15) is 17.2 Å². The van der Waals surface area contributed by atoms with Gasteiger partial charge in [0.05, 0.1) is 32.5 Å². The summed E-state index contributed by atoms with van der Waals surface area (Å²) in [7, 11) is 3.27. The van der Waals surface area contributed by atoms with Crippen molar-refractivity contribution in [2.24, 2.45) is 0 Å². The molecule has 0 spiro atoms. The second kappa shape index (κ2) is 10.9. The molecular formula is C27H31N3O4. The van der Waals surface area contributed by atoms with Gasteiger partial charge in [0.25, 0.3) is 0 Å². The Bertz CT molecular complexity index is 1030. The molecule has 3 aromatic rings. The molecule has 1 saturated heterocycles. The Hall–Kier alpha value is -3.71. The quantitative estimate of drug-likeness (QED) is 0.535. The van der Waals surface area contributed by atoms with Crippen molar-refractivity contribution < 1.29 is 19.4 Å². The molecule has 178 valence electrons. The fraction of sp³-hybridized carbons (Fsp3) is 0.296. The highest BCUT2D eigenvalue weighted by molar-refractivity contribution is 5.79. The van der Waals surface area contributed by atoms with Crippen molar-refractivity contribution in [3.63, 3.8) is 0 Å². The summed E-state index contributed by atoms with van der Waals surface area (Å²) >= 11 is 0. The Morgan fingerprint density at radius 1 is 0.853 bits per heavy atom. The van der Waals surface area contributed by atoms with Crippen LogP contribution in [0.15, 0.2) is 72.8 Å². The maximum absolute atomic E-state index is 13.1. The highest BCUT2D eigenvalue weighted by atomic mass is 16.5. The minimum Gasteiger partial charge on any atom is -0.506 e. The molecular weight excluding hydrogens is 430 g/mol. The molecule has 0 unspecified atom stereocenters. The van der Waals surface area contributed by atoms with E-state index in [1.165, 1.54) is 0 Å². The molecule has 7 heteroatoms. The fourth-order valence-corrected chi connectivity index (χ4v) is 4.24. The number of benzene rings is 3. The molecule has 0 bridgehead atoms. The van der Waals surface area contributed by atoms with Gasteiger partial charge in [-0.3, -0.25) is 9.69 Å². The average Bonchev–Trinajstić information content (AvgIpc) is 2.88. The number of phenolic OH excluding ortho intramolecular Hbond substituents is 1. The second-order valence-corrected chi connectivity index (χ2v) is 8.30. The van der Waals surface area contributed by atoms with Gasteiger partial charge in [0.2, 0.25) is 5.91 Å². The number of aromatic hydroxyl groups is 1. The highest BCUT2D eigenvalue weighted by Crippen LogP contribution is 2.28. The standard InChI is InChI=1S/C27H31N3O4/c1-33-22-11-7-20(8-12-22)27(21-9-13-23(34-2)14-10-21)28-26(32)19-29-15-17-30(18-16-29)24-5-3-4-6-25(24)31/h3-14,27,31H,15-19H2,1-2H3,(H,28,32). The van der Waals surface area contributed by atoms with Crippen LogP contribution in [0.25, 0.3) is 0 Å². The van der Waals surface area contributed by atoms with Gasteiger partial charge in [-0.25, -0.2) is 0 Å². The number of amides is 1. The van der Waals surface area contributed by atoms with Gasteiger partial charge in [0.1, 0.15) is 17.2 Å². The number of carbonyl (C=O) groups excluding carboxylic acids is 1. The molecule has 1 aliphatic rings. The number of rotatable bonds is 8. The summed E-state index contributed by atoms with van der Waals surface area (Å²) in [5, 5.41) is 13.3. The van der Waals surface area contributed by atoms with Gasteiger partial charge in [-0.15, -0.1) is 0 Å². The number of methoxy groups -OCH3 is 2. The molecule has 0 aliphatic carbocycles. The predicted octanol–water partition coefficient (Wildman–Crippen LogP) is 3.44. The molecule has 1 fully saturated rings. The van der Waals surface area contributed by atoms with Gasteiger partial charge >= 0.3 is 0 Å². The Labute approximate surface area is 200 Å². The molecule has 1 amide bonds. The molecule has 1 aliphatic heterocycles. The summed E-state index contributed by atoms with van der Waals surface area (Å²) in [5.74, 6) is 1.79. The number of carbonyl (C=O) groups is 1. The van der Waals surface area contributed by atoms with Crippen LogP contribution < -0.4 is 19.7 Å². The largest absolute Gasteiger partial charge is 0.506 e. The van der Waals surface area contributed by atoms with Crippen molar-refractivity contribution in [2.45, 2.75) is 6.04 Å². The van der Waals surface area contributed by atoms with E-state index in [0.717, 1.165) is 54.5 Å². The number of nitrogens with zero attached hydrogens (tertiary/aromatic N) is 2. The zero-order chi connectivity index (χ0) is 23.9. The first-order valence-corrected chi connectivity index (χ1v) is 11.4. The van der Waals surface area contributed by atoms with Crippen LogP contribution in [0.3, 0.4) is 0 Å². The molecule has 0 aromatic heterocycles. The number of hydrogen-bond donors (Lipinski definition) is 2. The maximum Gasteiger partial charge on any atom is 0.234 e. The van der Waals surface area contributed by atoms with Crippen LogP contribution in [0.5, 0.6) is 17.2 Å². The lowest BCUT2D eigenvalue weighted by atomic mass is 9.98. The minimum absolute atomic E-state index is 0.0346. The fourth-order valence-electron chi connectivity index (χ4n) is 4.24. The molecule has 7 nitrogen and oxygen atoms in total. The van der Waals surface area contributed by atoms with Crippen LogP contribution in [-0.2, 0) is 4.79 Å². The van der Waals surface area contributed by atoms with Gasteiger partial charge in [0.15, 0.2) is 0 Å². The van der Waals surface area contributed by atoms with Gasteiger partial charge in [-0.05, 0) is 47.5 Å². The molecule has 34 heavy (non-hydrogen) atoms. The molecule has 4 rings (SSSR count). The lowest BCUT2D eigenvalue weighted by Crippen LogP contribution is -2.49. The van der Waals surface area contributed by atoms with Crippen molar-refractivity contribution in [3.8, 4) is 17.2 Å². The van der Waals surface area contributed by atoms with E-state index in [9.17, 15) is 9.90 Å². The predicted molar refractivity (Wildman–Crippen MR) is 133 cm³/mol. The number of phenols is 1. The SMILES string of the molecule is COc1ccc(C(NC(=O)CN2CCN(c3ccccc3O)CC2)c2ccc(OC)cc2)cc1. The third-order valence-corrected chi connectivity index (χ3v) is 6.17. The van der Waals surface area contributed by atoms with Crippen molar-refractivity contribution in [1.82, 2.24) is 10.2 Å². The average molecular weight is 462 g/mol. The Morgan fingerprint density at radius 2 is 1.38 bits per heavy atom. The first kappa shape index (κ1) is 23.4. The summed E-state index contributed by atoms with van der Waals surface area (Å²) in [6, 6.07) is 22.6. The molecule has 0 radical (unpaired) electrons. The number of para-hydroxylation sites is 2. The molecule has 0 atom stereocenters.